The molecule has 1 fully saturated rings. The first kappa shape index (κ1) is 11.0. The maximum atomic E-state index is 13.7. The molecule has 0 spiro atoms. The number of hydrogen-bond donors (Lipinski definition) is 0. The van der Waals surface area contributed by atoms with Crippen LogP contribution in [-0.2, 0) is 11.2 Å². The van der Waals surface area contributed by atoms with Gasteiger partial charge in [0.1, 0.15) is 18.2 Å². The topological polar surface area (TPSA) is 21.7 Å². The second-order valence-electron chi connectivity index (χ2n) is 4.53. The summed E-state index contributed by atoms with van der Waals surface area (Å²) in [5.41, 5.74) is 0.718. The molecule has 1 aromatic rings. The van der Waals surface area contributed by atoms with Gasteiger partial charge in [-0.2, -0.15) is 0 Å². The predicted octanol–water partition coefficient (Wildman–Crippen LogP) is 1.46. The molecule has 0 radical (unpaired) electrons. The maximum absolute atomic E-state index is 13.7. The van der Waals surface area contributed by atoms with Crippen LogP contribution >= 0.6 is 0 Å². The van der Waals surface area contributed by atoms with Crippen molar-refractivity contribution >= 4 is 0 Å². The van der Waals surface area contributed by atoms with Gasteiger partial charge in [-0.1, -0.05) is 6.07 Å². The van der Waals surface area contributed by atoms with Crippen LogP contribution in [0.5, 0.6) is 5.75 Å². The third kappa shape index (κ3) is 2.15. The zero-order valence-electron chi connectivity index (χ0n) is 9.69. The lowest BCUT2D eigenvalue weighted by Crippen LogP contribution is -2.48. The molecular weight excluding hydrogens is 221 g/mol. The lowest BCUT2D eigenvalue weighted by molar-refractivity contribution is 0.00212. The fraction of sp³-hybridized carbons (Fsp3) is 0.538. The van der Waals surface area contributed by atoms with Crippen molar-refractivity contribution in [2.45, 2.75) is 12.5 Å². The van der Waals surface area contributed by atoms with Crippen molar-refractivity contribution in [3.8, 4) is 5.75 Å². The van der Waals surface area contributed by atoms with Crippen LogP contribution in [0.1, 0.15) is 5.56 Å². The van der Waals surface area contributed by atoms with Crippen LogP contribution in [0, 0.1) is 5.82 Å². The van der Waals surface area contributed by atoms with Crippen LogP contribution < -0.4 is 4.74 Å². The van der Waals surface area contributed by atoms with Gasteiger partial charge in [-0.25, -0.2) is 4.39 Å². The molecule has 0 bridgehead atoms. The molecule has 1 aromatic carbocycles. The lowest BCUT2D eigenvalue weighted by Gasteiger charge is -2.37. The molecule has 2 aliphatic heterocycles. The van der Waals surface area contributed by atoms with E-state index in [0.717, 1.165) is 38.3 Å². The first-order valence-electron chi connectivity index (χ1n) is 6.06. The molecule has 17 heavy (non-hydrogen) atoms. The summed E-state index contributed by atoms with van der Waals surface area (Å²) in [6.45, 7) is 4.01. The Morgan fingerprint density at radius 2 is 2.06 bits per heavy atom. The highest BCUT2D eigenvalue weighted by molar-refractivity contribution is 5.37. The summed E-state index contributed by atoms with van der Waals surface area (Å²) in [5.74, 6) is 0.551. The van der Waals surface area contributed by atoms with Crippen LogP contribution in [0.3, 0.4) is 0 Å². The monoisotopic (exact) mass is 237 g/mol. The van der Waals surface area contributed by atoms with Gasteiger partial charge in [0.15, 0.2) is 0 Å². The smallest absolute Gasteiger partial charge is 0.130 e. The zero-order valence-corrected chi connectivity index (χ0v) is 9.69. The molecule has 4 heteroatoms. The fourth-order valence-corrected chi connectivity index (χ4v) is 2.53. The molecule has 0 saturated carbocycles. The quantitative estimate of drug-likeness (QED) is 0.738. The van der Waals surface area contributed by atoms with Crippen LogP contribution in [0.25, 0.3) is 0 Å². The normalized spacial score (nSPS) is 25.1. The molecule has 0 aliphatic carbocycles. The number of hydrogen-bond acceptors (Lipinski definition) is 3. The Balaban J connectivity index is 1.77. The third-order valence-corrected chi connectivity index (χ3v) is 3.51. The zero-order chi connectivity index (χ0) is 11.7. The number of fused-ring (bicyclic) bond motifs is 1. The Bertz CT molecular complexity index is 404. The van der Waals surface area contributed by atoms with Gasteiger partial charge >= 0.3 is 0 Å². The number of ether oxygens (including phenoxy) is 2. The van der Waals surface area contributed by atoms with E-state index in [1.54, 1.807) is 6.07 Å². The molecule has 0 N–H and O–H groups in total. The van der Waals surface area contributed by atoms with Crippen molar-refractivity contribution in [3.63, 3.8) is 0 Å². The van der Waals surface area contributed by atoms with Crippen molar-refractivity contribution in [1.82, 2.24) is 4.90 Å². The summed E-state index contributed by atoms with van der Waals surface area (Å²) in [6, 6.07) is 5.32. The Morgan fingerprint density at radius 1 is 1.24 bits per heavy atom. The minimum atomic E-state index is -0.152. The molecule has 92 valence electrons. The van der Waals surface area contributed by atoms with Crippen molar-refractivity contribution in [1.29, 1.82) is 0 Å². The van der Waals surface area contributed by atoms with Gasteiger partial charge in [-0.05, 0) is 18.6 Å². The third-order valence-electron chi connectivity index (χ3n) is 3.51. The van der Waals surface area contributed by atoms with E-state index in [2.05, 4.69) is 4.90 Å². The van der Waals surface area contributed by atoms with Gasteiger partial charge < -0.3 is 9.47 Å². The van der Waals surface area contributed by atoms with E-state index in [-0.39, 0.29) is 11.9 Å². The molecular formula is C13H16FNO2. The highest BCUT2D eigenvalue weighted by Gasteiger charge is 2.28. The number of morpholine rings is 1. The fourth-order valence-electron chi connectivity index (χ4n) is 2.53. The average Bonchev–Trinajstić information content (AvgIpc) is 2.40. The number of benzene rings is 1. The van der Waals surface area contributed by atoms with Crippen molar-refractivity contribution in [3.05, 3.63) is 29.6 Å². The Morgan fingerprint density at radius 3 is 2.88 bits per heavy atom. The SMILES string of the molecule is Fc1cccc2c1CC(N1CCOCC1)CO2. The van der Waals surface area contributed by atoms with Crippen molar-refractivity contribution in [2.24, 2.45) is 0 Å². The van der Waals surface area contributed by atoms with Crippen LogP contribution in [0.2, 0.25) is 0 Å². The molecule has 3 nitrogen and oxygen atoms in total. The van der Waals surface area contributed by atoms with E-state index < -0.39 is 0 Å². The van der Waals surface area contributed by atoms with Gasteiger partial charge in [0, 0.05) is 24.7 Å². The molecule has 3 rings (SSSR count). The highest BCUT2D eigenvalue weighted by Crippen LogP contribution is 2.28. The van der Waals surface area contributed by atoms with E-state index in [0.29, 0.717) is 12.4 Å². The molecule has 1 saturated heterocycles. The van der Waals surface area contributed by atoms with E-state index in [1.807, 2.05) is 6.07 Å². The van der Waals surface area contributed by atoms with Crippen LogP contribution in [0.15, 0.2) is 18.2 Å². The number of nitrogens with zero attached hydrogens (tertiary/aromatic N) is 1. The summed E-state index contributed by atoms with van der Waals surface area (Å²) < 4.78 is 24.7. The van der Waals surface area contributed by atoms with Crippen LogP contribution in [0.4, 0.5) is 4.39 Å². The second-order valence-corrected chi connectivity index (χ2v) is 4.53. The Kier molecular flexibility index (Phi) is 2.99. The Hall–Kier alpha value is -1.13. The van der Waals surface area contributed by atoms with Gasteiger partial charge in [0.25, 0.3) is 0 Å². The van der Waals surface area contributed by atoms with E-state index >= 15 is 0 Å². The standard InChI is InChI=1S/C13H16FNO2/c14-12-2-1-3-13-11(12)8-10(9-17-13)15-4-6-16-7-5-15/h1-3,10H,4-9H2. The summed E-state index contributed by atoms with van der Waals surface area (Å²) in [7, 11) is 0. The molecule has 1 unspecified atom stereocenters. The molecule has 0 aromatic heterocycles. The maximum Gasteiger partial charge on any atom is 0.130 e. The summed E-state index contributed by atoms with van der Waals surface area (Å²) in [5, 5.41) is 0. The largest absolute Gasteiger partial charge is 0.492 e. The van der Waals surface area contributed by atoms with Crippen LogP contribution in [-0.4, -0.2) is 43.9 Å². The molecule has 2 heterocycles. The first-order chi connectivity index (χ1) is 8.34. The first-order valence-corrected chi connectivity index (χ1v) is 6.06. The molecule has 2 aliphatic rings. The number of rotatable bonds is 1. The minimum absolute atomic E-state index is 0.152. The summed E-state index contributed by atoms with van der Waals surface area (Å²) in [4.78, 5) is 2.33. The minimum Gasteiger partial charge on any atom is -0.492 e. The molecule has 0 amide bonds. The highest BCUT2D eigenvalue weighted by atomic mass is 19.1. The van der Waals surface area contributed by atoms with Gasteiger partial charge in [-0.3, -0.25) is 4.90 Å². The second kappa shape index (κ2) is 4.63. The van der Waals surface area contributed by atoms with Crippen molar-refractivity contribution < 1.29 is 13.9 Å². The van der Waals surface area contributed by atoms with E-state index in [9.17, 15) is 4.39 Å². The van der Waals surface area contributed by atoms with E-state index in [1.165, 1.54) is 6.07 Å². The van der Waals surface area contributed by atoms with E-state index in [4.69, 9.17) is 9.47 Å². The lowest BCUT2D eigenvalue weighted by atomic mass is 10.0. The molecule has 1 atom stereocenters. The van der Waals surface area contributed by atoms with Gasteiger partial charge in [-0.15, -0.1) is 0 Å². The predicted molar refractivity (Wildman–Crippen MR) is 61.8 cm³/mol. The summed E-state index contributed by atoms with van der Waals surface area (Å²) in [6.07, 6.45) is 0.738. The Labute approximate surface area is 100 Å². The van der Waals surface area contributed by atoms with Gasteiger partial charge in [0.2, 0.25) is 0 Å². The average molecular weight is 237 g/mol. The van der Waals surface area contributed by atoms with Crippen molar-refractivity contribution in [2.75, 3.05) is 32.9 Å². The number of halogens is 1. The summed E-state index contributed by atoms with van der Waals surface area (Å²) >= 11 is 0. The van der Waals surface area contributed by atoms with Gasteiger partial charge in [0.05, 0.1) is 13.2 Å².